The Bertz CT molecular complexity index is 981. The molecule has 0 spiro atoms. The van der Waals surface area contributed by atoms with Crippen LogP contribution < -0.4 is 15.4 Å². The Labute approximate surface area is 168 Å². The standard InChI is InChI=1S/C19H22FN3O5S/c1-13(23-29(27,28)17-9-3-2-8-16(17)20)18(25)21-10-5-11-22-19(26)14-6-4-7-15(24)12-14/h2-4,6-9,12-13,23-24H,5,10-11H2,1H3,(H,21,25)(H,22,26)/t13-/m0/s1. The van der Waals surface area contributed by atoms with Crippen LogP contribution in [0.5, 0.6) is 5.75 Å². The number of nitrogens with one attached hydrogen (secondary N) is 3. The maximum atomic E-state index is 13.7. The molecule has 1 atom stereocenters. The quantitative estimate of drug-likeness (QED) is 0.450. The van der Waals surface area contributed by atoms with Gasteiger partial charge in [0, 0.05) is 18.7 Å². The summed E-state index contributed by atoms with van der Waals surface area (Å²) in [6.45, 7) is 1.81. The topological polar surface area (TPSA) is 125 Å². The molecular formula is C19H22FN3O5S. The summed E-state index contributed by atoms with van der Waals surface area (Å²) in [6.07, 6.45) is 0.406. The predicted molar refractivity (Wildman–Crippen MR) is 104 cm³/mol. The number of hydrogen-bond acceptors (Lipinski definition) is 5. The Morgan fingerprint density at radius 2 is 1.76 bits per heavy atom. The smallest absolute Gasteiger partial charge is 0.251 e. The van der Waals surface area contributed by atoms with Gasteiger partial charge in [-0.05, 0) is 43.7 Å². The van der Waals surface area contributed by atoms with E-state index in [0.29, 0.717) is 12.0 Å². The second kappa shape index (κ2) is 9.99. The van der Waals surface area contributed by atoms with Crippen LogP contribution in [0.4, 0.5) is 4.39 Å². The van der Waals surface area contributed by atoms with Crippen molar-refractivity contribution in [2.45, 2.75) is 24.3 Å². The molecule has 0 fully saturated rings. The summed E-state index contributed by atoms with van der Waals surface area (Å²) in [5, 5.41) is 14.5. The summed E-state index contributed by atoms with van der Waals surface area (Å²) < 4.78 is 40.2. The second-order valence-corrected chi connectivity index (χ2v) is 7.91. The van der Waals surface area contributed by atoms with E-state index >= 15 is 0 Å². The highest BCUT2D eigenvalue weighted by molar-refractivity contribution is 7.89. The summed E-state index contributed by atoms with van der Waals surface area (Å²) in [4.78, 5) is 23.4. The Balaban J connectivity index is 1.75. The van der Waals surface area contributed by atoms with Crippen LogP contribution in [0.3, 0.4) is 0 Å². The van der Waals surface area contributed by atoms with Crippen LogP contribution in [-0.2, 0) is 14.8 Å². The van der Waals surface area contributed by atoms with E-state index < -0.39 is 32.7 Å². The van der Waals surface area contributed by atoms with Crippen molar-refractivity contribution in [1.29, 1.82) is 0 Å². The number of phenols is 1. The Morgan fingerprint density at radius 3 is 2.45 bits per heavy atom. The molecule has 0 heterocycles. The zero-order valence-corrected chi connectivity index (χ0v) is 16.5. The van der Waals surface area contributed by atoms with Gasteiger partial charge in [-0.2, -0.15) is 4.72 Å². The number of sulfonamides is 1. The normalized spacial score (nSPS) is 12.2. The van der Waals surface area contributed by atoms with Gasteiger partial charge < -0.3 is 15.7 Å². The summed E-state index contributed by atoms with van der Waals surface area (Å²) in [5.41, 5.74) is 0.310. The van der Waals surface area contributed by atoms with E-state index in [1.165, 1.54) is 31.2 Å². The molecule has 156 valence electrons. The number of amides is 2. The lowest BCUT2D eigenvalue weighted by molar-refractivity contribution is -0.122. The third kappa shape index (κ3) is 6.54. The van der Waals surface area contributed by atoms with Gasteiger partial charge in [-0.25, -0.2) is 12.8 Å². The maximum absolute atomic E-state index is 13.7. The molecule has 2 aromatic carbocycles. The maximum Gasteiger partial charge on any atom is 0.251 e. The molecule has 0 radical (unpaired) electrons. The highest BCUT2D eigenvalue weighted by Crippen LogP contribution is 2.13. The van der Waals surface area contributed by atoms with E-state index in [0.717, 1.165) is 12.1 Å². The molecule has 0 saturated heterocycles. The van der Waals surface area contributed by atoms with Gasteiger partial charge in [0.25, 0.3) is 5.91 Å². The molecule has 0 unspecified atom stereocenters. The number of carbonyl (C=O) groups excluding carboxylic acids is 2. The first-order valence-electron chi connectivity index (χ1n) is 8.82. The Kier molecular flexibility index (Phi) is 7.68. The van der Waals surface area contributed by atoms with Gasteiger partial charge in [-0.1, -0.05) is 18.2 Å². The predicted octanol–water partition coefficient (Wildman–Crippen LogP) is 1.13. The third-order valence-corrected chi connectivity index (χ3v) is 5.47. The van der Waals surface area contributed by atoms with E-state index in [1.54, 1.807) is 12.1 Å². The molecular weight excluding hydrogens is 401 g/mol. The highest BCUT2D eigenvalue weighted by Gasteiger charge is 2.24. The largest absolute Gasteiger partial charge is 0.508 e. The van der Waals surface area contributed by atoms with Crippen LogP contribution in [0, 0.1) is 5.82 Å². The molecule has 2 rings (SSSR count). The summed E-state index contributed by atoms with van der Waals surface area (Å²) >= 11 is 0. The minimum atomic E-state index is -4.18. The van der Waals surface area contributed by atoms with Crippen LogP contribution in [-0.4, -0.2) is 44.5 Å². The summed E-state index contributed by atoms with van der Waals surface area (Å²) in [6, 6.07) is 9.66. The average molecular weight is 423 g/mol. The number of aromatic hydroxyl groups is 1. The van der Waals surface area contributed by atoms with Crippen LogP contribution in [0.1, 0.15) is 23.7 Å². The minimum Gasteiger partial charge on any atom is -0.508 e. The number of hydrogen-bond donors (Lipinski definition) is 4. The van der Waals surface area contributed by atoms with Crippen LogP contribution >= 0.6 is 0 Å². The number of rotatable bonds is 9. The number of benzene rings is 2. The zero-order chi connectivity index (χ0) is 21.4. The highest BCUT2D eigenvalue weighted by atomic mass is 32.2. The summed E-state index contributed by atoms with van der Waals surface area (Å²) in [5.74, 6) is -1.87. The molecule has 0 saturated carbocycles. The van der Waals surface area contributed by atoms with E-state index in [-0.39, 0.29) is 24.7 Å². The van der Waals surface area contributed by atoms with Crippen molar-refractivity contribution in [3.05, 3.63) is 59.9 Å². The van der Waals surface area contributed by atoms with Crippen molar-refractivity contribution >= 4 is 21.8 Å². The van der Waals surface area contributed by atoms with Gasteiger partial charge >= 0.3 is 0 Å². The molecule has 0 aliphatic carbocycles. The fraction of sp³-hybridized carbons (Fsp3) is 0.263. The number of halogens is 1. The van der Waals surface area contributed by atoms with Crippen molar-refractivity contribution in [2.24, 2.45) is 0 Å². The minimum absolute atomic E-state index is 0.0169. The van der Waals surface area contributed by atoms with E-state index in [2.05, 4.69) is 15.4 Å². The number of phenolic OH excluding ortho intramolecular Hbond substituents is 1. The lowest BCUT2D eigenvalue weighted by atomic mass is 10.2. The van der Waals surface area contributed by atoms with Crippen LogP contribution in [0.15, 0.2) is 53.4 Å². The van der Waals surface area contributed by atoms with Crippen molar-refractivity contribution in [3.63, 3.8) is 0 Å². The van der Waals surface area contributed by atoms with E-state index in [4.69, 9.17) is 0 Å². The SMILES string of the molecule is C[C@H](NS(=O)(=O)c1ccccc1F)C(=O)NCCCNC(=O)c1cccc(O)c1. The van der Waals surface area contributed by atoms with Crippen LogP contribution in [0.25, 0.3) is 0 Å². The first kappa shape index (κ1) is 22.3. The lowest BCUT2D eigenvalue weighted by Gasteiger charge is -2.15. The van der Waals surface area contributed by atoms with Gasteiger partial charge in [-0.15, -0.1) is 0 Å². The molecule has 0 bridgehead atoms. The second-order valence-electron chi connectivity index (χ2n) is 6.22. The van der Waals surface area contributed by atoms with Gasteiger partial charge in [0.2, 0.25) is 15.9 Å². The third-order valence-electron chi connectivity index (χ3n) is 3.90. The lowest BCUT2D eigenvalue weighted by Crippen LogP contribution is -2.45. The van der Waals surface area contributed by atoms with Crippen molar-refractivity contribution in [1.82, 2.24) is 15.4 Å². The molecule has 4 N–H and O–H groups in total. The Hall–Kier alpha value is -2.98. The number of carbonyl (C=O) groups is 2. The van der Waals surface area contributed by atoms with Gasteiger partial charge in [-0.3, -0.25) is 9.59 Å². The van der Waals surface area contributed by atoms with Gasteiger partial charge in [0.05, 0.1) is 6.04 Å². The monoisotopic (exact) mass is 423 g/mol. The first-order chi connectivity index (χ1) is 13.7. The average Bonchev–Trinajstić information content (AvgIpc) is 2.67. The van der Waals surface area contributed by atoms with Gasteiger partial charge in [0.15, 0.2) is 0 Å². The fourth-order valence-corrected chi connectivity index (χ4v) is 3.70. The fourth-order valence-electron chi connectivity index (χ4n) is 2.42. The Morgan fingerprint density at radius 1 is 1.07 bits per heavy atom. The molecule has 2 amide bonds. The van der Waals surface area contributed by atoms with Crippen molar-refractivity contribution in [3.8, 4) is 5.75 Å². The van der Waals surface area contributed by atoms with Gasteiger partial charge in [0.1, 0.15) is 16.5 Å². The molecule has 2 aromatic rings. The molecule has 10 heteroatoms. The first-order valence-corrected chi connectivity index (χ1v) is 10.3. The van der Waals surface area contributed by atoms with E-state index in [1.807, 2.05) is 0 Å². The van der Waals surface area contributed by atoms with Crippen molar-refractivity contribution in [2.75, 3.05) is 13.1 Å². The van der Waals surface area contributed by atoms with Crippen LogP contribution in [0.2, 0.25) is 0 Å². The molecule has 0 aliphatic heterocycles. The molecule has 0 aromatic heterocycles. The van der Waals surface area contributed by atoms with Crippen molar-refractivity contribution < 1.29 is 27.5 Å². The molecule has 8 nitrogen and oxygen atoms in total. The summed E-state index contributed by atoms with van der Waals surface area (Å²) in [7, 11) is -4.18. The molecule has 29 heavy (non-hydrogen) atoms. The van der Waals surface area contributed by atoms with E-state index in [9.17, 15) is 27.5 Å². The zero-order valence-electron chi connectivity index (χ0n) is 15.7. The molecule has 0 aliphatic rings.